The minimum absolute atomic E-state index is 0.0814. The van der Waals surface area contributed by atoms with E-state index in [2.05, 4.69) is 0 Å². The molecule has 0 saturated carbocycles. The molecule has 1 N–H and O–H groups in total. The molecule has 4 heteroatoms. The number of hydrogen-bond acceptors (Lipinski definition) is 3. The molecule has 1 aromatic rings. The first-order valence-electron chi connectivity index (χ1n) is 4.67. The standard InChI is InChI=1S/C11H12FNO2/c12-10-5-3-4-9(8-14)11(10)15-7-2-1-6-13/h3-5,14H,1-2,7-8H2. The van der Waals surface area contributed by atoms with E-state index < -0.39 is 5.82 Å². The van der Waals surface area contributed by atoms with Crippen molar-refractivity contribution < 1.29 is 14.2 Å². The third-order valence-electron chi connectivity index (χ3n) is 1.90. The molecule has 15 heavy (non-hydrogen) atoms. The Morgan fingerprint density at radius 1 is 1.47 bits per heavy atom. The lowest BCUT2D eigenvalue weighted by Gasteiger charge is -2.09. The molecule has 0 aliphatic carbocycles. The van der Waals surface area contributed by atoms with Gasteiger partial charge in [-0.2, -0.15) is 5.26 Å². The van der Waals surface area contributed by atoms with E-state index in [-0.39, 0.29) is 19.0 Å². The van der Waals surface area contributed by atoms with Gasteiger partial charge >= 0.3 is 0 Å². The Balaban J connectivity index is 2.63. The van der Waals surface area contributed by atoms with Crippen LogP contribution in [0.2, 0.25) is 0 Å². The monoisotopic (exact) mass is 209 g/mol. The van der Waals surface area contributed by atoms with Crippen LogP contribution in [0.3, 0.4) is 0 Å². The fraction of sp³-hybridized carbons (Fsp3) is 0.364. The van der Waals surface area contributed by atoms with Gasteiger partial charge in [-0.1, -0.05) is 12.1 Å². The van der Waals surface area contributed by atoms with Crippen molar-refractivity contribution in [2.24, 2.45) is 0 Å². The molecule has 0 fully saturated rings. The summed E-state index contributed by atoms with van der Waals surface area (Å²) in [6.45, 7) is 0.0207. The van der Waals surface area contributed by atoms with Gasteiger partial charge in [0.2, 0.25) is 0 Å². The molecule has 0 heterocycles. The summed E-state index contributed by atoms with van der Waals surface area (Å²) >= 11 is 0. The summed E-state index contributed by atoms with van der Waals surface area (Å²) in [6.07, 6.45) is 0.929. The van der Waals surface area contributed by atoms with Gasteiger partial charge in [-0.25, -0.2) is 4.39 Å². The molecule has 0 aliphatic heterocycles. The molecule has 80 valence electrons. The highest BCUT2D eigenvalue weighted by atomic mass is 19.1. The van der Waals surface area contributed by atoms with E-state index in [4.69, 9.17) is 15.1 Å². The molecule has 0 unspecified atom stereocenters. The number of ether oxygens (including phenoxy) is 1. The summed E-state index contributed by atoms with van der Waals surface area (Å²) in [5, 5.41) is 17.2. The number of halogens is 1. The van der Waals surface area contributed by atoms with Crippen molar-refractivity contribution in [3.05, 3.63) is 29.6 Å². The Labute approximate surface area is 87.7 Å². The van der Waals surface area contributed by atoms with E-state index >= 15 is 0 Å². The summed E-state index contributed by atoms with van der Waals surface area (Å²) in [6, 6.07) is 6.37. The maximum atomic E-state index is 13.2. The smallest absolute Gasteiger partial charge is 0.165 e. The lowest BCUT2D eigenvalue weighted by molar-refractivity contribution is 0.255. The largest absolute Gasteiger partial charge is 0.490 e. The fourth-order valence-electron chi connectivity index (χ4n) is 1.17. The first-order valence-corrected chi connectivity index (χ1v) is 4.67. The number of hydrogen-bond donors (Lipinski definition) is 1. The molecular formula is C11H12FNO2. The first kappa shape index (κ1) is 11.5. The van der Waals surface area contributed by atoms with E-state index in [1.807, 2.05) is 6.07 Å². The average molecular weight is 209 g/mol. The van der Waals surface area contributed by atoms with Crippen molar-refractivity contribution in [3.63, 3.8) is 0 Å². The lowest BCUT2D eigenvalue weighted by atomic mass is 10.2. The van der Waals surface area contributed by atoms with E-state index in [0.29, 0.717) is 18.4 Å². The van der Waals surface area contributed by atoms with Crippen LogP contribution in [0.1, 0.15) is 18.4 Å². The minimum atomic E-state index is -0.487. The van der Waals surface area contributed by atoms with Gasteiger partial charge in [-0.05, 0) is 12.5 Å². The van der Waals surface area contributed by atoms with Crippen molar-refractivity contribution in [2.45, 2.75) is 19.4 Å². The maximum Gasteiger partial charge on any atom is 0.165 e. The Morgan fingerprint density at radius 2 is 2.27 bits per heavy atom. The van der Waals surface area contributed by atoms with E-state index in [9.17, 15) is 4.39 Å². The molecule has 0 aliphatic rings. The van der Waals surface area contributed by atoms with Crippen LogP contribution in [0, 0.1) is 17.1 Å². The van der Waals surface area contributed by atoms with Gasteiger partial charge in [0, 0.05) is 12.0 Å². The second-order valence-corrected chi connectivity index (χ2v) is 3.00. The Kier molecular flexibility index (Phi) is 4.58. The molecule has 3 nitrogen and oxygen atoms in total. The highest BCUT2D eigenvalue weighted by molar-refractivity contribution is 5.34. The van der Waals surface area contributed by atoms with Crippen molar-refractivity contribution in [1.82, 2.24) is 0 Å². The van der Waals surface area contributed by atoms with Gasteiger partial charge in [0.15, 0.2) is 11.6 Å². The summed E-state index contributed by atoms with van der Waals surface area (Å²) in [5.41, 5.74) is 0.423. The number of nitrogens with zero attached hydrogens (tertiary/aromatic N) is 1. The van der Waals surface area contributed by atoms with Crippen molar-refractivity contribution >= 4 is 0 Å². The van der Waals surface area contributed by atoms with Gasteiger partial charge in [0.1, 0.15) is 0 Å². The highest BCUT2D eigenvalue weighted by Crippen LogP contribution is 2.22. The van der Waals surface area contributed by atoms with Gasteiger partial charge in [0.05, 0.1) is 19.3 Å². The van der Waals surface area contributed by atoms with Crippen LogP contribution in [0.5, 0.6) is 5.75 Å². The Hall–Kier alpha value is -1.60. The zero-order valence-corrected chi connectivity index (χ0v) is 8.24. The third-order valence-corrected chi connectivity index (χ3v) is 1.90. The third kappa shape index (κ3) is 3.22. The van der Waals surface area contributed by atoms with Gasteiger partial charge in [-0.3, -0.25) is 0 Å². The second kappa shape index (κ2) is 5.99. The van der Waals surface area contributed by atoms with Crippen LogP contribution in [0.4, 0.5) is 4.39 Å². The Morgan fingerprint density at radius 3 is 2.93 bits per heavy atom. The van der Waals surface area contributed by atoms with E-state index in [0.717, 1.165) is 0 Å². The molecule has 1 aromatic carbocycles. The molecule has 0 bridgehead atoms. The molecule has 1 rings (SSSR count). The summed E-state index contributed by atoms with van der Waals surface area (Å²) < 4.78 is 18.4. The predicted octanol–water partition coefficient (Wildman–Crippen LogP) is 2.00. The second-order valence-electron chi connectivity index (χ2n) is 3.00. The molecule has 0 aromatic heterocycles. The normalized spacial score (nSPS) is 9.67. The number of nitriles is 1. The number of aliphatic hydroxyl groups is 1. The van der Waals surface area contributed by atoms with E-state index in [1.54, 1.807) is 6.07 Å². The van der Waals surface area contributed by atoms with Gasteiger partial charge in [-0.15, -0.1) is 0 Å². The van der Waals surface area contributed by atoms with Crippen LogP contribution in [-0.4, -0.2) is 11.7 Å². The van der Waals surface area contributed by atoms with Crippen LogP contribution in [0.25, 0.3) is 0 Å². The summed E-state index contributed by atoms with van der Waals surface area (Å²) in [4.78, 5) is 0. The first-order chi connectivity index (χ1) is 7.29. The lowest BCUT2D eigenvalue weighted by Crippen LogP contribution is -2.02. The van der Waals surface area contributed by atoms with Crippen molar-refractivity contribution in [3.8, 4) is 11.8 Å². The summed E-state index contributed by atoms with van der Waals surface area (Å²) in [5.74, 6) is -0.406. The average Bonchev–Trinajstić information content (AvgIpc) is 2.26. The number of aliphatic hydroxyl groups excluding tert-OH is 1. The molecule has 0 amide bonds. The van der Waals surface area contributed by atoms with Crippen LogP contribution in [-0.2, 0) is 6.61 Å². The highest BCUT2D eigenvalue weighted by Gasteiger charge is 2.08. The number of unbranched alkanes of at least 4 members (excludes halogenated alkanes) is 1. The molecule has 0 saturated heterocycles. The molecule has 0 spiro atoms. The molecule has 0 radical (unpaired) electrons. The van der Waals surface area contributed by atoms with Gasteiger partial charge in [0.25, 0.3) is 0 Å². The quantitative estimate of drug-likeness (QED) is 0.754. The predicted molar refractivity (Wildman–Crippen MR) is 52.7 cm³/mol. The SMILES string of the molecule is N#CCCCOc1c(F)cccc1CO. The fourth-order valence-corrected chi connectivity index (χ4v) is 1.17. The van der Waals surface area contributed by atoms with Crippen LogP contribution in [0.15, 0.2) is 18.2 Å². The van der Waals surface area contributed by atoms with E-state index in [1.165, 1.54) is 12.1 Å². The van der Waals surface area contributed by atoms with Crippen LogP contribution >= 0.6 is 0 Å². The summed E-state index contributed by atoms with van der Waals surface area (Å²) in [7, 11) is 0. The van der Waals surface area contributed by atoms with Gasteiger partial charge < -0.3 is 9.84 Å². The van der Waals surface area contributed by atoms with Crippen molar-refractivity contribution in [1.29, 1.82) is 5.26 Å². The van der Waals surface area contributed by atoms with Crippen molar-refractivity contribution in [2.75, 3.05) is 6.61 Å². The maximum absolute atomic E-state index is 13.2. The zero-order valence-electron chi connectivity index (χ0n) is 8.24. The minimum Gasteiger partial charge on any atom is -0.490 e. The zero-order chi connectivity index (χ0) is 11.1. The molecule has 0 atom stereocenters. The van der Waals surface area contributed by atoms with Crippen LogP contribution < -0.4 is 4.74 Å². The topological polar surface area (TPSA) is 53.2 Å². The number of benzene rings is 1. The number of rotatable bonds is 5. The molecular weight excluding hydrogens is 197 g/mol. The Bertz CT molecular complexity index is 360. The number of para-hydroxylation sites is 1.